The van der Waals surface area contributed by atoms with Crippen molar-refractivity contribution in [2.75, 3.05) is 5.32 Å². The van der Waals surface area contributed by atoms with Gasteiger partial charge in [-0.2, -0.15) is 5.26 Å². The van der Waals surface area contributed by atoms with Crippen molar-refractivity contribution in [3.63, 3.8) is 0 Å². The van der Waals surface area contributed by atoms with Gasteiger partial charge in [0.2, 0.25) is 0 Å². The van der Waals surface area contributed by atoms with E-state index in [1.165, 1.54) is 6.92 Å². The molecule has 2 N–H and O–H groups in total. The van der Waals surface area contributed by atoms with E-state index in [1.807, 2.05) is 0 Å². The summed E-state index contributed by atoms with van der Waals surface area (Å²) in [6.45, 7) is 2.30. The molecule has 0 aromatic heterocycles. The average molecular weight is 286 g/mol. The van der Waals surface area contributed by atoms with Crippen LogP contribution in [-0.4, -0.2) is 10.1 Å². The molecule has 1 rings (SSSR count). The van der Waals surface area contributed by atoms with Crippen molar-refractivity contribution in [3.05, 3.63) is 40.4 Å². The molecule has 1 aromatic rings. The number of allylic oxidation sites excluding steroid dienone is 1. The molecule has 0 spiro atoms. The van der Waals surface area contributed by atoms with Crippen molar-refractivity contribution in [2.45, 2.75) is 13.8 Å². The summed E-state index contributed by atoms with van der Waals surface area (Å²) in [6, 6.07) is 2.32. The number of aliphatic hydroxyl groups excluding tert-OH is 1. The zero-order valence-corrected chi connectivity index (χ0v) is 10.8. The lowest BCUT2D eigenvalue weighted by Gasteiger charge is -2.10. The van der Waals surface area contributed by atoms with Crippen LogP contribution in [-0.2, 0) is 0 Å². The van der Waals surface area contributed by atoms with Crippen molar-refractivity contribution >= 4 is 22.9 Å². The smallest absolute Gasteiger partial charge is 0.182 e. The summed E-state index contributed by atoms with van der Waals surface area (Å²) in [4.78, 5) is -0.330. The fraction of sp³-hybridized carbons (Fsp3) is 0.167. The second-order valence-corrected chi connectivity index (χ2v) is 4.09. The van der Waals surface area contributed by atoms with Crippen molar-refractivity contribution in [1.82, 2.24) is 0 Å². The number of anilines is 1. The number of nitrogens with one attached hydrogen (secondary N) is 1. The Morgan fingerprint density at radius 3 is 2.42 bits per heavy atom. The van der Waals surface area contributed by atoms with Gasteiger partial charge in [0.15, 0.2) is 11.6 Å². The fourth-order valence-electron chi connectivity index (χ4n) is 1.26. The van der Waals surface area contributed by atoms with E-state index < -0.39 is 28.7 Å². The first-order valence-electron chi connectivity index (χ1n) is 5.05. The maximum Gasteiger partial charge on any atom is 0.182 e. The zero-order chi connectivity index (χ0) is 14.7. The third-order valence-corrected chi connectivity index (χ3v) is 2.64. The minimum absolute atomic E-state index is 0.309. The average Bonchev–Trinajstić information content (AvgIpc) is 2.33. The molecule has 0 fully saturated rings. The molecule has 7 heteroatoms. The minimum atomic E-state index is -1.34. The highest BCUT2D eigenvalue weighted by Crippen LogP contribution is 2.24. The normalized spacial score (nSPS) is 11.6. The molecular formula is C12H9F3N2OS. The van der Waals surface area contributed by atoms with Gasteiger partial charge in [-0.3, -0.25) is 0 Å². The van der Waals surface area contributed by atoms with Crippen LogP contribution < -0.4 is 5.32 Å². The van der Waals surface area contributed by atoms with Gasteiger partial charge in [-0.15, -0.1) is 0 Å². The van der Waals surface area contributed by atoms with E-state index in [4.69, 9.17) is 17.5 Å². The van der Waals surface area contributed by atoms with Crippen LogP contribution in [0.4, 0.5) is 18.9 Å². The quantitative estimate of drug-likeness (QED) is 0.287. The molecule has 0 saturated heterocycles. The van der Waals surface area contributed by atoms with Gasteiger partial charge in [0.1, 0.15) is 28.2 Å². The van der Waals surface area contributed by atoms with Gasteiger partial charge < -0.3 is 10.4 Å². The van der Waals surface area contributed by atoms with Gasteiger partial charge in [0, 0.05) is 11.6 Å². The van der Waals surface area contributed by atoms with Crippen LogP contribution >= 0.6 is 12.2 Å². The molecule has 0 amide bonds. The number of rotatable bonds is 2. The molecule has 100 valence electrons. The molecule has 19 heavy (non-hydrogen) atoms. The van der Waals surface area contributed by atoms with Gasteiger partial charge >= 0.3 is 0 Å². The third kappa shape index (κ3) is 3.03. The Kier molecular flexibility index (Phi) is 4.51. The molecule has 0 aliphatic heterocycles. The SMILES string of the molecule is CC(O)=C(C#N)C(=S)Nc1cc(F)c(C)c(F)c1F. The largest absolute Gasteiger partial charge is 0.511 e. The van der Waals surface area contributed by atoms with E-state index in [1.54, 1.807) is 6.07 Å². The van der Waals surface area contributed by atoms with Crippen LogP contribution in [0.2, 0.25) is 0 Å². The molecule has 0 radical (unpaired) electrons. The first-order valence-corrected chi connectivity index (χ1v) is 5.45. The number of aliphatic hydroxyl groups is 1. The molecule has 1 aromatic carbocycles. The van der Waals surface area contributed by atoms with Gasteiger partial charge in [-0.1, -0.05) is 12.2 Å². The van der Waals surface area contributed by atoms with Gasteiger partial charge in [-0.25, -0.2) is 13.2 Å². The van der Waals surface area contributed by atoms with E-state index in [0.717, 1.165) is 13.0 Å². The predicted molar refractivity (Wildman–Crippen MR) is 68.2 cm³/mol. The second kappa shape index (κ2) is 5.71. The predicted octanol–water partition coefficient (Wildman–Crippen LogP) is 3.51. The van der Waals surface area contributed by atoms with E-state index >= 15 is 0 Å². The van der Waals surface area contributed by atoms with Gasteiger partial charge in [0.05, 0.1) is 5.69 Å². The van der Waals surface area contributed by atoms with Crippen LogP contribution in [0.3, 0.4) is 0 Å². The Morgan fingerprint density at radius 1 is 1.37 bits per heavy atom. The highest BCUT2D eigenvalue weighted by atomic mass is 32.1. The number of benzene rings is 1. The summed E-state index contributed by atoms with van der Waals surface area (Å²) >= 11 is 4.75. The van der Waals surface area contributed by atoms with Crippen LogP contribution in [0.5, 0.6) is 0 Å². The Morgan fingerprint density at radius 2 is 1.95 bits per heavy atom. The van der Waals surface area contributed by atoms with Crippen LogP contribution in [0.15, 0.2) is 17.4 Å². The number of halogens is 3. The Labute approximate surface area is 113 Å². The number of thiocarbonyl (C=S) groups is 1. The third-order valence-electron chi connectivity index (χ3n) is 2.34. The number of hydrogen-bond acceptors (Lipinski definition) is 3. The maximum atomic E-state index is 13.5. The molecule has 3 nitrogen and oxygen atoms in total. The summed E-state index contributed by atoms with van der Waals surface area (Å²) in [6.07, 6.45) is 0. The fourth-order valence-corrected chi connectivity index (χ4v) is 1.56. The first kappa shape index (κ1) is 15.0. The first-order chi connectivity index (χ1) is 8.79. The molecular weight excluding hydrogens is 277 g/mol. The van der Waals surface area contributed by atoms with E-state index in [-0.39, 0.29) is 16.3 Å². The Hall–Kier alpha value is -2.07. The lowest BCUT2D eigenvalue weighted by molar-refractivity contribution is 0.412. The number of hydrogen-bond donors (Lipinski definition) is 2. The zero-order valence-electron chi connectivity index (χ0n) is 10.0. The lowest BCUT2D eigenvalue weighted by Crippen LogP contribution is -2.15. The summed E-state index contributed by atoms with van der Waals surface area (Å²) in [5.74, 6) is -3.98. The number of nitriles is 1. The summed E-state index contributed by atoms with van der Waals surface area (Å²) in [5.41, 5.74) is -1.31. The van der Waals surface area contributed by atoms with Crippen molar-refractivity contribution in [3.8, 4) is 6.07 Å². The molecule has 0 saturated carbocycles. The second-order valence-electron chi connectivity index (χ2n) is 3.69. The highest BCUT2D eigenvalue weighted by Gasteiger charge is 2.18. The monoisotopic (exact) mass is 286 g/mol. The van der Waals surface area contributed by atoms with E-state index in [2.05, 4.69) is 5.32 Å². The van der Waals surface area contributed by atoms with Gasteiger partial charge in [0.25, 0.3) is 0 Å². The van der Waals surface area contributed by atoms with Crippen LogP contribution in [0.1, 0.15) is 12.5 Å². The Bertz CT molecular complexity index is 616. The van der Waals surface area contributed by atoms with Crippen molar-refractivity contribution in [1.29, 1.82) is 5.26 Å². The highest BCUT2D eigenvalue weighted by molar-refractivity contribution is 7.81. The topological polar surface area (TPSA) is 56.0 Å². The maximum absolute atomic E-state index is 13.5. The molecule has 0 heterocycles. The lowest BCUT2D eigenvalue weighted by atomic mass is 10.1. The van der Waals surface area contributed by atoms with Crippen molar-refractivity contribution < 1.29 is 18.3 Å². The Balaban J connectivity index is 3.19. The summed E-state index contributed by atoms with van der Waals surface area (Å²) in [7, 11) is 0. The van der Waals surface area contributed by atoms with Crippen LogP contribution in [0.25, 0.3) is 0 Å². The minimum Gasteiger partial charge on any atom is -0.511 e. The van der Waals surface area contributed by atoms with Crippen LogP contribution in [0, 0.1) is 35.7 Å². The molecule has 0 aliphatic rings. The van der Waals surface area contributed by atoms with Crippen molar-refractivity contribution in [2.24, 2.45) is 0 Å². The molecule has 0 atom stereocenters. The molecule has 0 aliphatic carbocycles. The molecule has 0 bridgehead atoms. The standard InChI is InChI=1S/C12H9F3N2OS/c1-5-8(13)3-9(11(15)10(5)14)17-12(19)7(4-16)6(2)18/h3,18H,1-2H3,(H,17,19). The van der Waals surface area contributed by atoms with Gasteiger partial charge in [-0.05, 0) is 13.8 Å². The van der Waals surface area contributed by atoms with E-state index in [0.29, 0.717) is 0 Å². The van der Waals surface area contributed by atoms with E-state index in [9.17, 15) is 18.3 Å². The summed E-state index contributed by atoms with van der Waals surface area (Å²) < 4.78 is 40.2. The number of nitrogens with zero attached hydrogens (tertiary/aromatic N) is 1. The summed E-state index contributed by atoms with van der Waals surface area (Å²) in [5, 5.41) is 20.1. The molecule has 0 unspecified atom stereocenters.